The average Bonchev–Trinajstić information content (AvgIpc) is 3.49. The molecule has 0 atom stereocenters. The molecule has 0 N–H and O–H groups in total. The molecule has 4 aromatic carbocycles. The van der Waals surface area contributed by atoms with Crippen molar-refractivity contribution in [1.29, 1.82) is 0 Å². The molecule has 0 saturated heterocycles. The molecule has 0 saturated carbocycles. The molecule has 0 fully saturated rings. The van der Waals surface area contributed by atoms with Crippen LogP contribution in [0.3, 0.4) is 0 Å². The Morgan fingerprint density at radius 3 is 2.24 bits per heavy atom. The average molecular weight is 844 g/mol. The molecule has 0 amide bonds. The van der Waals surface area contributed by atoms with E-state index in [-0.39, 0.29) is 25.5 Å². The molecule has 8 rings (SSSR count). The summed E-state index contributed by atoms with van der Waals surface area (Å²) in [4.78, 5) is 13.9. The molecule has 8 aromatic rings. The van der Waals surface area contributed by atoms with E-state index in [1.165, 1.54) is 33.4 Å². The predicted molar refractivity (Wildman–Crippen MR) is 207 cm³/mol. The Morgan fingerprint density at radius 1 is 0.706 bits per heavy atom. The van der Waals surface area contributed by atoms with Crippen LogP contribution in [0.2, 0.25) is 0 Å². The summed E-state index contributed by atoms with van der Waals surface area (Å²) in [7, 11) is 0. The molecule has 0 aliphatic heterocycles. The van der Waals surface area contributed by atoms with Crippen molar-refractivity contribution in [3.05, 3.63) is 150 Å². The maximum atomic E-state index is 6.41. The topological polar surface area (TPSA) is 51.8 Å². The summed E-state index contributed by atoms with van der Waals surface area (Å²) in [5, 5.41) is 3.23. The second kappa shape index (κ2) is 14.7. The van der Waals surface area contributed by atoms with Gasteiger partial charge in [-0.15, -0.1) is 47.5 Å². The largest absolute Gasteiger partial charge is 0.498 e. The zero-order valence-electron chi connectivity index (χ0n) is 30.2. The standard InChI is InChI=1S/C26H23N2O.C20H18N.Ir/c1-16-8-9-18-10-11-20-19-6-5-7-21(24(19)29-25(20)23(18)28-16)22-14-17(12-13-27-22)15-26(2,3)4;1-14-9-10-18(20-11-15(2)16(3)13-21-20)12-19(14)17-7-5-4-6-8-17;/h5-6,8-14H,15H2,1-4H3;4-9,11-13H,1-3H3;/q2*-1;. The summed E-state index contributed by atoms with van der Waals surface area (Å²) in [6.07, 6.45) is 4.80. The minimum atomic E-state index is 0. The van der Waals surface area contributed by atoms with E-state index in [1.54, 1.807) is 0 Å². The van der Waals surface area contributed by atoms with Gasteiger partial charge in [0.1, 0.15) is 11.1 Å². The molecular formula is C46H41IrN3O-2. The molecular weight excluding hydrogens is 803 g/mol. The van der Waals surface area contributed by atoms with Crippen molar-refractivity contribution in [3.8, 4) is 33.6 Å². The van der Waals surface area contributed by atoms with Crippen LogP contribution in [0.5, 0.6) is 0 Å². The van der Waals surface area contributed by atoms with Gasteiger partial charge in [-0.25, -0.2) is 4.98 Å². The predicted octanol–water partition coefficient (Wildman–Crippen LogP) is 12.0. The van der Waals surface area contributed by atoms with Crippen LogP contribution in [-0.2, 0) is 26.5 Å². The van der Waals surface area contributed by atoms with Gasteiger partial charge in [0.05, 0.1) is 5.58 Å². The number of nitrogens with zero attached hydrogens (tertiary/aromatic N) is 3. The van der Waals surface area contributed by atoms with Crippen LogP contribution in [0.1, 0.15) is 48.7 Å². The van der Waals surface area contributed by atoms with Gasteiger partial charge in [0.15, 0.2) is 0 Å². The summed E-state index contributed by atoms with van der Waals surface area (Å²) < 4.78 is 6.41. The Labute approximate surface area is 314 Å². The van der Waals surface area contributed by atoms with Gasteiger partial charge in [0.2, 0.25) is 0 Å². The minimum absolute atomic E-state index is 0. The number of benzene rings is 4. The monoisotopic (exact) mass is 844 g/mol. The van der Waals surface area contributed by atoms with Crippen LogP contribution in [0.25, 0.3) is 66.5 Å². The number of aromatic nitrogens is 3. The maximum Gasteiger partial charge on any atom is 0.147 e. The number of rotatable bonds is 4. The third kappa shape index (κ3) is 7.71. The van der Waals surface area contributed by atoms with E-state index in [2.05, 4.69) is 143 Å². The second-order valence-corrected chi connectivity index (χ2v) is 14.4. The molecule has 0 aliphatic rings. The van der Waals surface area contributed by atoms with Crippen LogP contribution in [0.15, 0.2) is 114 Å². The number of fused-ring (bicyclic) bond motifs is 5. The Bertz CT molecular complexity index is 2490. The first-order valence-electron chi connectivity index (χ1n) is 17.1. The van der Waals surface area contributed by atoms with Crippen LogP contribution in [0.4, 0.5) is 0 Å². The fourth-order valence-corrected chi connectivity index (χ4v) is 6.42. The quantitative estimate of drug-likeness (QED) is 0.166. The number of pyridine rings is 3. The minimum Gasteiger partial charge on any atom is -0.498 e. The molecule has 0 unspecified atom stereocenters. The Hall–Kier alpha value is -4.96. The normalized spacial score (nSPS) is 11.4. The van der Waals surface area contributed by atoms with Crippen LogP contribution >= 0.6 is 0 Å². The number of furan rings is 1. The summed E-state index contributed by atoms with van der Waals surface area (Å²) in [6, 6.07) is 40.1. The first-order valence-corrected chi connectivity index (χ1v) is 17.1. The first kappa shape index (κ1) is 35.9. The van der Waals surface area contributed by atoms with E-state index in [9.17, 15) is 0 Å². The van der Waals surface area contributed by atoms with Gasteiger partial charge in [-0.1, -0.05) is 116 Å². The van der Waals surface area contributed by atoms with Crippen molar-refractivity contribution in [1.82, 2.24) is 15.0 Å². The number of aryl methyl sites for hydroxylation is 4. The molecule has 0 bridgehead atoms. The van der Waals surface area contributed by atoms with E-state index in [4.69, 9.17) is 9.40 Å². The molecule has 257 valence electrons. The van der Waals surface area contributed by atoms with Gasteiger partial charge < -0.3 is 14.4 Å². The van der Waals surface area contributed by atoms with E-state index >= 15 is 0 Å². The molecule has 4 nitrogen and oxygen atoms in total. The van der Waals surface area contributed by atoms with Gasteiger partial charge >= 0.3 is 0 Å². The van der Waals surface area contributed by atoms with Crippen molar-refractivity contribution in [2.24, 2.45) is 5.41 Å². The molecule has 5 heteroatoms. The Morgan fingerprint density at radius 2 is 1.47 bits per heavy atom. The van der Waals surface area contributed by atoms with E-state index in [1.807, 2.05) is 37.5 Å². The number of hydrogen-bond acceptors (Lipinski definition) is 4. The smallest absolute Gasteiger partial charge is 0.147 e. The van der Waals surface area contributed by atoms with Crippen LogP contribution in [-0.4, -0.2) is 15.0 Å². The van der Waals surface area contributed by atoms with Gasteiger partial charge in [-0.05, 0) is 67.3 Å². The molecule has 0 aliphatic carbocycles. The van der Waals surface area contributed by atoms with Crippen LogP contribution < -0.4 is 0 Å². The van der Waals surface area contributed by atoms with Gasteiger partial charge in [-0.3, -0.25) is 0 Å². The van der Waals surface area contributed by atoms with Crippen molar-refractivity contribution in [2.75, 3.05) is 0 Å². The van der Waals surface area contributed by atoms with Gasteiger partial charge in [0.25, 0.3) is 0 Å². The Balaban J connectivity index is 0.000000181. The summed E-state index contributed by atoms with van der Waals surface area (Å²) in [6.45, 7) is 15.1. The van der Waals surface area contributed by atoms with Gasteiger partial charge in [0, 0.05) is 49.0 Å². The fraction of sp³-hybridized carbons (Fsp3) is 0.196. The fourth-order valence-electron chi connectivity index (χ4n) is 6.42. The number of hydrogen-bond donors (Lipinski definition) is 0. The molecule has 4 heterocycles. The van der Waals surface area contributed by atoms with E-state index in [0.717, 1.165) is 67.5 Å². The molecule has 0 spiro atoms. The van der Waals surface area contributed by atoms with Crippen LogP contribution in [0, 0.1) is 45.2 Å². The Kier molecular flexibility index (Phi) is 10.3. The third-order valence-electron chi connectivity index (χ3n) is 9.10. The summed E-state index contributed by atoms with van der Waals surface area (Å²) in [5.41, 5.74) is 15.0. The van der Waals surface area contributed by atoms with E-state index in [0.29, 0.717) is 0 Å². The SMILES string of the molecule is Cc1ccc2ccc3c4cc[c-]c(-c5cc(CC(C)(C)C)ccn5)c4oc3c2n1.Cc1cnc(-c2[c-]cc(C)c(-c3ccccc3)c2)cc1C.[Ir]. The molecule has 4 aromatic heterocycles. The van der Waals surface area contributed by atoms with Crippen molar-refractivity contribution in [2.45, 2.75) is 54.9 Å². The van der Waals surface area contributed by atoms with E-state index < -0.39 is 0 Å². The molecule has 1 radical (unpaired) electrons. The summed E-state index contributed by atoms with van der Waals surface area (Å²) in [5.74, 6) is 0. The maximum absolute atomic E-state index is 6.41. The third-order valence-corrected chi connectivity index (χ3v) is 9.10. The summed E-state index contributed by atoms with van der Waals surface area (Å²) >= 11 is 0. The van der Waals surface area contributed by atoms with Crippen molar-refractivity contribution >= 4 is 32.8 Å². The second-order valence-electron chi connectivity index (χ2n) is 14.4. The van der Waals surface area contributed by atoms with Crippen molar-refractivity contribution < 1.29 is 24.5 Å². The zero-order chi connectivity index (χ0) is 35.0. The van der Waals surface area contributed by atoms with Gasteiger partial charge in [-0.2, -0.15) is 0 Å². The first-order chi connectivity index (χ1) is 24.0. The molecule has 51 heavy (non-hydrogen) atoms. The zero-order valence-corrected chi connectivity index (χ0v) is 32.6. The van der Waals surface area contributed by atoms with Crippen molar-refractivity contribution in [3.63, 3.8) is 0 Å².